The Morgan fingerprint density at radius 2 is 2.05 bits per heavy atom. The molecule has 0 aromatic rings. The fourth-order valence-corrected chi connectivity index (χ4v) is 2.17. The van der Waals surface area contributed by atoms with Crippen LogP contribution in [-0.4, -0.2) is 80.2 Å². The Bertz CT molecular complexity index is 406. The molecule has 0 radical (unpaired) electrons. The van der Waals surface area contributed by atoms with Crippen LogP contribution in [0.5, 0.6) is 0 Å². The molecule has 0 aromatic carbocycles. The van der Waals surface area contributed by atoms with Crippen LogP contribution >= 0.6 is 0 Å². The summed E-state index contributed by atoms with van der Waals surface area (Å²) in [6, 6.07) is -1.21. The Kier molecular flexibility index (Phi) is 5.61. The lowest BCUT2D eigenvalue weighted by Gasteiger charge is -2.44. The first-order chi connectivity index (χ1) is 9.62. The van der Waals surface area contributed by atoms with Crippen molar-refractivity contribution in [1.82, 2.24) is 5.32 Å². The number of ether oxygens (including phenoxy) is 1. The first-order valence-corrected chi connectivity index (χ1v) is 6.27. The van der Waals surface area contributed by atoms with Crippen LogP contribution in [0, 0.1) is 0 Å². The van der Waals surface area contributed by atoms with Crippen LogP contribution < -0.4 is 11.1 Å². The van der Waals surface area contributed by atoms with Crippen molar-refractivity contribution in [3.63, 3.8) is 0 Å². The van der Waals surface area contributed by atoms with Crippen LogP contribution in [-0.2, 0) is 14.3 Å². The van der Waals surface area contributed by atoms with Gasteiger partial charge in [0.1, 0.15) is 12.2 Å². The molecule has 8 N–H and O–H groups in total. The molecular weight excluding hydrogens is 288 g/mol. The highest BCUT2D eigenvalue weighted by Gasteiger charge is 2.53. The topological polar surface area (TPSA) is 183 Å². The normalized spacial score (nSPS) is 35.8. The highest BCUT2D eigenvalue weighted by atomic mass is 16.7. The molecule has 0 bridgehead atoms. The smallest absolute Gasteiger partial charge is 0.364 e. The van der Waals surface area contributed by atoms with E-state index in [2.05, 4.69) is 5.32 Å². The van der Waals surface area contributed by atoms with Gasteiger partial charge >= 0.3 is 5.97 Å². The lowest BCUT2D eigenvalue weighted by Crippen LogP contribution is -2.67. The Morgan fingerprint density at radius 3 is 2.48 bits per heavy atom. The van der Waals surface area contributed by atoms with Crippen molar-refractivity contribution in [1.29, 1.82) is 0 Å². The van der Waals surface area contributed by atoms with Gasteiger partial charge in [0.05, 0.1) is 18.2 Å². The van der Waals surface area contributed by atoms with Gasteiger partial charge in [0.25, 0.3) is 5.79 Å². The zero-order chi connectivity index (χ0) is 16.4. The van der Waals surface area contributed by atoms with Crippen LogP contribution in [0.1, 0.15) is 13.3 Å². The number of carbonyl (C=O) groups is 2. The second-order valence-electron chi connectivity index (χ2n) is 4.96. The van der Waals surface area contributed by atoms with E-state index in [0.717, 1.165) is 6.92 Å². The molecule has 21 heavy (non-hydrogen) atoms. The van der Waals surface area contributed by atoms with Gasteiger partial charge in [-0.3, -0.25) is 4.79 Å². The maximum Gasteiger partial charge on any atom is 0.364 e. The van der Waals surface area contributed by atoms with Gasteiger partial charge < -0.3 is 41.3 Å². The van der Waals surface area contributed by atoms with Crippen LogP contribution in [0.15, 0.2) is 0 Å². The lowest BCUT2D eigenvalue weighted by atomic mass is 9.88. The number of hydrogen-bond donors (Lipinski definition) is 7. The summed E-state index contributed by atoms with van der Waals surface area (Å²) in [5, 5.41) is 50.5. The highest BCUT2D eigenvalue weighted by Crippen LogP contribution is 2.30. The van der Waals surface area contributed by atoms with Crippen LogP contribution in [0.25, 0.3) is 0 Å². The summed E-state index contributed by atoms with van der Waals surface area (Å²) in [5.41, 5.74) is 5.19. The molecule has 1 rings (SSSR count). The molecule has 0 aromatic heterocycles. The number of aliphatic hydroxyl groups is 4. The second kappa shape index (κ2) is 6.64. The number of rotatable bonds is 5. The first-order valence-electron chi connectivity index (χ1n) is 6.27. The minimum absolute atomic E-state index is 0.366. The molecular formula is C11H20N2O8. The molecule has 10 heteroatoms. The van der Waals surface area contributed by atoms with Gasteiger partial charge in [-0.05, 0) is 0 Å². The number of nitrogens with two attached hydrogens (primary N) is 1. The van der Waals surface area contributed by atoms with Gasteiger partial charge in [-0.15, -0.1) is 0 Å². The Balaban J connectivity index is 3.07. The van der Waals surface area contributed by atoms with Gasteiger partial charge in [-0.1, -0.05) is 0 Å². The third kappa shape index (κ3) is 3.87. The third-order valence-corrected chi connectivity index (χ3v) is 3.26. The van der Waals surface area contributed by atoms with E-state index >= 15 is 0 Å². The maximum absolute atomic E-state index is 11.1. The van der Waals surface area contributed by atoms with E-state index < -0.39 is 54.5 Å². The minimum Gasteiger partial charge on any atom is -0.477 e. The average Bonchev–Trinajstić information content (AvgIpc) is 2.39. The minimum atomic E-state index is -2.74. The fraction of sp³-hybridized carbons (Fsp3) is 0.818. The number of aliphatic carboxylic acids is 1. The Hall–Kier alpha value is -1.30. The zero-order valence-electron chi connectivity index (χ0n) is 11.3. The lowest BCUT2D eigenvalue weighted by molar-refractivity contribution is -0.294. The monoisotopic (exact) mass is 308 g/mol. The summed E-state index contributed by atoms with van der Waals surface area (Å²) in [6.45, 7) is 0.781. The summed E-state index contributed by atoms with van der Waals surface area (Å²) >= 11 is 0. The standard InChI is InChI=1S/C11H20N2O8/c1-4(14)13-7-5(15)2-11(20,10(18)19)21-9(7)8(17)6(16)3-12/h5-9,15-17,20H,2-3,12H2,1H3,(H,13,14)(H,18,19)/t5-,6+,7-,8-,9-,11-/m1/s1. The van der Waals surface area contributed by atoms with Crippen molar-refractivity contribution in [2.24, 2.45) is 5.73 Å². The largest absolute Gasteiger partial charge is 0.477 e. The molecule has 1 amide bonds. The van der Waals surface area contributed by atoms with Crippen molar-refractivity contribution in [2.45, 2.75) is 49.6 Å². The molecule has 1 aliphatic rings. The fourth-order valence-electron chi connectivity index (χ4n) is 2.17. The number of amides is 1. The van der Waals surface area contributed by atoms with E-state index in [1.165, 1.54) is 0 Å². The number of aliphatic hydroxyl groups excluding tert-OH is 3. The molecule has 1 aliphatic heterocycles. The summed E-state index contributed by atoms with van der Waals surface area (Å²) in [5.74, 6) is -5.07. The number of carboxylic acid groups (broad SMARTS) is 1. The molecule has 0 unspecified atom stereocenters. The number of nitrogens with one attached hydrogen (secondary N) is 1. The highest BCUT2D eigenvalue weighted by molar-refractivity contribution is 5.76. The first kappa shape index (κ1) is 17.8. The van der Waals surface area contributed by atoms with Crippen molar-refractivity contribution >= 4 is 11.9 Å². The summed E-state index contributed by atoms with van der Waals surface area (Å²) in [6.07, 6.45) is -6.98. The predicted octanol–water partition coefficient (Wildman–Crippen LogP) is -3.91. The SMILES string of the molecule is CC(=O)N[C@H]1[C@H]([C@H](O)[C@@H](O)CN)O[C@@](O)(C(=O)O)C[C@H]1O. The number of carboxylic acids is 1. The van der Waals surface area contributed by atoms with Gasteiger partial charge in [0.15, 0.2) is 0 Å². The summed E-state index contributed by atoms with van der Waals surface area (Å²) < 4.78 is 4.92. The molecule has 1 fully saturated rings. The van der Waals surface area contributed by atoms with E-state index in [1.807, 2.05) is 0 Å². The third-order valence-electron chi connectivity index (χ3n) is 3.26. The number of hydrogen-bond acceptors (Lipinski definition) is 8. The Morgan fingerprint density at radius 1 is 1.48 bits per heavy atom. The van der Waals surface area contributed by atoms with Crippen molar-refractivity contribution in [3.8, 4) is 0 Å². The van der Waals surface area contributed by atoms with Crippen molar-refractivity contribution in [3.05, 3.63) is 0 Å². The zero-order valence-corrected chi connectivity index (χ0v) is 11.3. The van der Waals surface area contributed by atoms with Gasteiger partial charge in [-0.2, -0.15) is 0 Å². The van der Waals surface area contributed by atoms with Gasteiger partial charge in [0.2, 0.25) is 5.91 Å². The Labute approximate surface area is 120 Å². The molecule has 1 saturated heterocycles. The summed E-state index contributed by atoms with van der Waals surface area (Å²) in [4.78, 5) is 22.2. The molecule has 1 heterocycles. The van der Waals surface area contributed by atoms with Gasteiger partial charge in [0, 0.05) is 19.9 Å². The van der Waals surface area contributed by atoms with E-state index in [9.17, 15) is 30.0 Å². The molecule has 122 valence electrons. The molecule has 6 atom stereocenters. The quantitative estimate of drug-likeness (QED) is 0.267. The average molecular weight is 308 g/mol. The van der Waals surface area contributed by atoms with E-state index in [-0.39, 0.29) is 6.54 Å². The van der Waals surface area contributed by atoms with Crippen molar-refractivity contribution < 1.29 is 39.9 Å². The van der Waals surface area contributed by atoms with Crippen molar-refractivity contribution in [2.75, 3.05) is 6.54 Å². The number of carbonyl (C=O) groups excluding carboxylic acids is 1. The van der Waals surface area contributed by atoms with Crippen LogP contribution in [0.3, 0.4) is 0 Å². The van der Waals surface area contributed by atoms with E-state index in [4.69, 9.17) is 15.6 Å². The van der Waals surface area contributed by atoms with Gasteiger partial charge in [-0.25, -0.2) is 4.79 Å². The van der Waals surface area contributed by atoms with E-state index in [1.54, 1.807) is 0 Å². The van der Waals surface area contributed by atoms with Crippen LogP contribution in [0.4, 0.5) is 0 Å². The van der Waals surface area contributed by atoms with Crippen LogP contribution in [0.2, 0.25) is 0 Å². The maximum atomic E-state index is 11.1. The second-order valence-corrected chi connectivity index (χ2v) is 4.96. The molecule has 0 spiro atoms. The molecule has 0 aliphatic carbocycles. The molecule has 10 nitrogen and oxygen atoms in total. The summed E-state index contributed by atoms with van der Waals surface area (Å²) in [7, 11) is 0. The predicted molar refractivity (Wildman–Crippen MR) is 66.8 cm³/mol. The molecule has 0 saturated carbocycles. The van der Waals surface area contributed by atoms with E-state index in [0.29, 0.717) is 0 Å².